The molecule has 26 heavy (non-hydrogen) atoms. The number of rotatable bonds is 7. The third-order valence-electron chi connectivity index (χ3n) is 3.86. The van der Waals surface area contributed by atoms with Crippen LogP contribution in [-0.4, -0.2) is 11.5 Å². The van der Waals surface area contributed by atoms with Crippen molar-refractivity contribution in [2.75, 3.05) is 6.61 Å². The van der Waals surface area contributed by atoms with E-state index < -0.39 is 12.5 Å². The van der Waals surface area contributed by atoms with Gasteiger partial charge in [0.1, 0.15) is 5.75 Å². The van der Waals surface area contributed by atoms with Crippen LogP contribution < -0.4 is 4.52 Å². The molecule has 0 aliphatic heterocycles. The Balaban J connectivity index is 1.89. The fourth-order valence-corrected chi connectivity index (χ4v) is 4.47. The highest BCUT2D eigenvalue weighted by atomic mass is 31.2. The third-order valence-corrected chi connectivity index (χ3v) is 5.73. The van der Waals surface area contributed by atoms with Crippen molar-refractivity contribution in [2.24, 2.45) is 0 Å². The van der Waals surface area contributed by atoms with Gasteiger partial charge in [0.05, 0.1) is 17.7 Å². The minimum Gasteiger partial charge on any atom is -0.424 e. The summed E-state index contributed by atoms with van der Waals surface area (Å²) in [7, 11) is -3.48. The number of non-ortho nitro benzene ring substituents is 1. The van der Waals surface area contributed by atoms with Crippen LogP contribution in [0.25, 0.3) is 10.8 Å². The molecule has 0 spiro atoms. The van der Waals surface area contributed by atoms with Crippen molar-refractivity contribution in [1.29, 1.82) is 0 Å². The standard InChI is InChI=1S/C19H18NO5P/c1-2-24-26(23,25-18-12-10-17(11-13-18)20(21)22)14-16-8-5-7-15-6-3-4-9-19(15)16/h3-13H,2,14H2,1H3. The summed E-state index contributed by atoms with van der Waals surface area (Å²) in [6.45, 7) is 1.98. The van der Waals surface area contributed by atoms with E-state index >= 15 is 0 Å². The molecule has 0 radical (unpaired) electrons. The molecule has 3 aromatic rings. The van der Waals surface area contributed by atoms with Crippen molar-refractivity contribution in [1.82, 2.24) is 0 Å². The maximum Gasteiger partial charge on any atom is 0.383 e. The predicted molar refractivity (Wildman–Crippen MR) is 101 cm³/mol. The van der Waals surface area contributed by atoms with Gasteiger partial charge in [-0.2, -0.15) is 0 Å². The Morgan fingerprint density at radius 1 is 1.00 bits per heavy atom. The zero-order valence-corrected chi connectivity index (χ0v) is 15.1. The molecule has 0 fully saturated rings. The topological polar surface area (TPSA) is 78.7 Å². The van der Waals surface area contributed by atoms with Gasteiger partial charge in [-0.1, -0.05) is 42.5 Å². The average molecular weight is 371 g/mol. The fraction of sp³-hybridized carbons (Fsp3) is 0.158. The Morgan fingerprint density at radius 3 is 2.38 bits per heavy atom. The third kappa shape index (κ3) is 4.10. The van der Waals surface area contributed by atoms with E-state index in [1.165, 1.54) is 24.3 Å². The van der Waals surface area contributed by atoms with E-state index in [4.69, 9.17) is 9.05 Å². The van der Waals surface area contributed by atoms with E-state index in [1.54, 1.807) is 6.92 Å². The molecular weight excluding hydrogens is 353 g/mol. The smallest absolute Gasteiger partial charge is 0.383 e. The molecule has 0 heterocycles. The maximum atomic E-state index is 13.2. The van der Waals surface area contributed by atoms with E-state index in [-0.39, 0.29) is 24.2 Å². The Bertz CT molecular complexity index is 966. The minimum absolute atomic E-state index is 0.0577. The molecule has 134 valence electrons. The van der Waals surface area contributed by atoms with Crippen LogP contribution in [-0.2, 0) is 15.3 Å². The van der Waals surface area contributed by atoms with Crippen LogP contribution in [0, 0.1) is 10.1 Å². The van der Waals surface area contributed by atoms with E-state index in [0.29, 0.717) is 0 Å². The number of nitrogens with zero attached hydrogens (tertiary/aromatic N) is 1. The van der Waals surface area contributed by atoms with Gasteiger partial charge in [0.25, 0.3) is 5.69 Å². The number of fused-ring (bicyclic) bond motifs is 1. The first kappa shape index (κ1) is 18.1. The molecule has 7 heteroatoms. The highest BCUT2D eigenvalue weighted by Crippen LogP contribution is 2.52. The lowest BCUT2D eigenvalue weighted by atomic mass is 10.1. The summed E-state index contributed by atoms with van der Waals surface area (Å²) in [5.74, 6) is 0.271. The maximum absolute atomic E-state index is 13.2. The van der Waals surface area contributed by atoms with Crippen LogP contribution in [0.2, 0.25) is 0 Å². The Hall–Kier alpha value is -2.69. The van der Waals surface area contributed by atoms with Gasteiger partial charge in [-0.3, -0.25) is 14.6 Å². The molecule has 0 aromatic heterocycles. The molecule has 1 atom stereocenters. The van der Waals surface area contributed by atoms with Crippen LogP contribution in [0.5, 0.6) is 5.75 Å². The van der Waals surface area contributed by atoms with Crippen LogP contribution in [0.1, 0.15) is 12.5 Å². The predicted octanol–water partition coefficient (Wildman–Crippen LogP) is 5.56. The summed E-state index contributed by atoms with van der Waals surface area (Å²) in [4.78, 5) is 10.3. The molecule has 0 saturated heterocycles. The largest absolute Gasteiger partial charge is 0.424 e. The lowest BCUT2D eigenvalue weighted by Gasteiger charge is -2.19. The molecule has 0 aliphatic carbocycles. The molecule has 3 aromatic carbocycles. The minimum atomic E-state index is -3.48. The summed E-state index contributed by atoms with van der Waals surface area (Å²) in [6, 6.07) is 19.1. The molecule has 0 aliphatic rings. The average Bonchev–Trinajstić information content (AvgIpc) is 2.62. The summed E-state index contributed by atoms with van der Waals surface area (Å²) in [5.41, 5.74) is 0.805. The van der Waals surface area contributed by atoms with Gasteiger partial charge in [-0.25, -0.2) is 4.57 Å². The summed E-state index contributed by atoms with van der Waals surface area (Å²) in [6.07, 6.45) is 0.110. The molecule has 6 nitrogen and oxygen atoms in total. The van der Waals surface area contributed by atoms with Crippen molar-refractivity contribution in [3.05, 3.63) is 82.4 Å². The van der Waals surface area contributed by atoms with Crippen molar-refractivity contribution in [2.45, 2.75) is 13.1 Å². The van der Waals surface area contributed by atoms with Gasteiger partial charge in [-0.05, 0) is 35.4 Å². The first-order valence-corrected chi connectivity index (χ1v) is 9.88. The van der Waals surface area contributed by atoms with Crippen molar-refractivity contribution < 1.29 is 18.5 Å². The fourth-order valence-electron chi connectivity index (χ4n) is 2.73. The van der Waals surface area contributed by atoms with Crippen molar-refractivity contribution in [3.63, 3.8) is 0 Å². The van der Waals surface area contributed by atoms with Crippen molar-refractivity contribution >= 4 is 24.1 Å². The van der Waals surface area contributed by atoms with E-state index in [9.17, 15) is 14.7 Å². The normalized spacial score (nSPS) is 13.3. The first-order valence-electron chi connectivity index (χ1n) is 8.15. The molecule has 0 saturated carbocycles. The molecule has 3 rings (SSSR count). The Kier molecular flexibility index (Phi) is 5.35. The zero-order chi connectivity index (χ0) is 18.6. The molecule has 0 amide bonds. The zero-order valence-electron chi connectivity index (χ0n) is 14.2. The number of nitro benzene ring substituents is 1. The molecule has 0 N–H and O–H groups in total. The monoisotopic (exact) mass is 371 g/mol. The van der Waals surface area contributed by atoms with Gasteiger partial charge >= 0.3 is 7.60 Å². The second kappa shape index (κ2) is 7.68. The van der Waals surface area contributed by atoms with Gasteiger partial charge in [0.15, 0.2) is 0 Å². The lowest BCUT2D eigenvalue weighted by molar-refractivity contribution is -0.384. The molecular formula is C19H18NO5P. The number of hydrogen-bond acceptors (Lipinski definition) is 5. The highest BCUT2D eigenvalue weighted by Gasteiger charge is 2.27. The SMILES string of the molecule is CCOP(=O)(Cc1cccc2ccccc12)Oc1ccc([N+](=O)[O-])cc1. The Morgan fingerprint density at radius 2 is 1.69 bits per heavy atom. The lowest BCUT2D eigenvalue weighted by Crippen LogP contribution is -2.02. The second-order valence-electron chi connectivity index (χ2n) is 5.67. The van der Waals surface area contributed by atoms with E-state index in [1.807, 2.05) is 42.5 Å². The van der Waals surface area contributed by atoms with Gasteiger partial charge < -0.3 is 4.52 Å². The molecule has 1 unspecified atom stereocenters. The van der Waals surface area contributed by atoms with Crippen LogP contribution >= 0.6 is 7.60 Å². The van der Waals surface area contributed by atoms with E-state index in [2.05, 4.69) is 0 Å². The second-order valence-corrected chi connectivity index (χ2v) is 7.65. The Labute approximate surface area is 151 Å². The first-order chi connectivity index (χ1) is 12.5. The summed E-state index contributed by atoms with van der Waals surface area (Å²) < 4.78 is 24.3. The number of nitro groups is 1. The number of benzene rings is 3. The van der Waals surface area contributed by atoms with Crippen LogP contribution in [0.15, 0.2) is 66.7 Å². The highest BCUT2D eigenvalue weighted by molar-refractivity contribution is 7.53. The van der Waals surface area contributed by atoms with Crippen LogP contribution in [0.3, 0.4) is 0 Å². The quantitative estimate of drug-likeness (QED) is 0.309. The van der Waals surface area contributed by atoms with Crippen molar-refractivity contribution in [3.8, 4) is 5.75 Å². The van der Waals surface area contributed by atoms with Crippen LogP contribution in [0.4, 0.5) is 5.69 Å². The van der Waals surface area contributed by atoms with Gasteiger partial charge in [0, 0.05) is 12.1 Å². The summed E-state index contributed by atoms with van der Waals surface area (Å²) >= 11 is 0. The van der Waals surface area contributed by atoms with Gasteiger partial charge in [0.2, 0.25) is 0 Å². The van der Waals surface area contributed by atoms with E-state index in [0.717, 1.165) is 16.3 Å². The number of hydrogen-bond donors (Lipinski definition) is 0. The summed E-state index contributed by atoms with van der Waals surface area (Å²) in [5, 5.41) is 12.8. The molecule has 0 bridgehead atoms. The van der Waals surface area contributed by atoms with Gasteiger partial charge in [-0.15, -0.1) is 0 Å².